The molecule has 0 bridgehead atoms. The number of benzene rings is 2. The van der Waals surface area contributed by atoms with Crippen LogP contribution in [0.1, 0.15) is 39.9 Å². The fourth-order valence-corrected chi connectivity index (χ4v) is 4.07. The van der Waals surface area contributed by atoms with Crippen molar-refractivity contribution in [3.63, 3.8) is 0 Å². The van der Waals surface area contributed by atoms with Crippen molar-refractivity contribution in [2.75, 3.05) is 19.6 Å². The van der Waals surface area contributed by atoms with E-state index in [1.807, 2.05) is 0 Å². The van der Waals surface area contributed by atoms with Crippen molar-refractivity contribution in [2.45, 2.75) is 31.4 Å². The smallest absolute Gasteiger partial charge is 0.343 e. The van der Waals surface area contributed by atoms with E-state index >= 15 is 0 Å². The molecular weight excluding hydrogens is 645 g/mol. The van der Waals surface area contributed by atoms with Crippen LogP contribution in [0.2, 0.25) is 15.1 Å². The molecule has 0 aliphatic heterocycles. The summed E-state index contributed by atoms with van der Waals surface area (Å²) in [6.07, 6.45) is -15.3. The molecule has 0 fully saturated rings. The predicted molar refractivity (Wildman–Crippen MR) is 131 cm³/mol. The summed E-state index contributed by atoms with van der Waals surface area (Å²) in [5, 5.41) is 0.682. The van der Waals surface area contributed by atoms with Gasteiger partial charge in [0.1, 0.15) is 18.3 Å². The molecule has 41 heavy (non-hydrogen) atoms. The number of carbonyl (C=O) groups is 2. The van der Waals surface area contributed by atoms with Crippen LogP contribution in [-0.2, 0) is 11.0 Å². The zero-order chi connectivity index (χ0) is 31.5. The molecule has 0 saturated heterocycles. The second-order valence-corrected chi connectivity index (χ2v) is 9.49. The molecule has 226 valence electrons. The number of rotatable bonds is 8. The number of likely N-dealkylation sites (N-methyl/N-ethyl adjacent to an activating group) is 1. The minimum absolute atomic E-state index is 0.0240. The van der Waals surface area contributed by atoms with Gasteiger partial charge in [0.15, 0.2) is 0 Å². The molecule has 2 amide bonds. The van der Waals surface area contributed by atoms with Crippen LogP contribution in [0, 0.1) is 0 Å². The zero-order valence-corrected chi connectivity index (χ0v) is 22.6. The fraction of sp³-hybridized carbons (Fsp3) is 0.333. The Morgan fingerprint density at radius 3 is 1.98 bits per heavy atom. The molecule has 17 heteroatoms. The second-order valence-electron chi connectivity index (χ2n) is 8.30. The van der Waals surface area contributed by atoms with Gasteiger partial charge in [-0.15, -0.1) is 0 Å². The number of nitrogens with zero attached hydrogens (tertiary/aromatic N) is 1. The third kappa shape index (κ3) is 9.40. The molecule has 0 aromatic heterocycles. The highest BCUT2D eigenvalue weighted by molar-refractivity contribution is 6.48. The topological polar surface area (TPSA) is 49.4 Å². The molecule has 2 aromatic rings. The summed E-state index contributed by atoms with van der Waals surface area (Å²) >= 11 is 17.2. The van der Waals surface area contributed by atoms with Crippen molar-refractivity contribution in [2.24, 2.45) is 0 Å². The monoisotopic (exact) mass is 660 g/mol. The molecule has 2 aromatic carbocycles. The molecule has 0 heterocycles. The fourth-order valence-electron chi connectivity index (χ4n) is 3.46. The van der Waals surface area contributed by atoms with E-state index < -0.39 is 94.0 Å². The van der Waals surface area contributed by atoms with Gasteiger partial charge in [0, 0.05) is 12.1 Å². The molecule has 4 nitrogen and oxygen atoms in total. The van der Waals surface area contributed by atoms with Crippen LogP contribution in [0.15, 0.2) is 36.4 Å². The quantitative estimate of drug-likeness (QED) is 0.228. The maximum Gasteiger partial charge on any atom is 0.417 e. The second kappa shape index (κ2) is 13.1. The van der Waals surface area contributed by atoms with Crippen LogP contribution in [0.5, 0.6) is 0 Å². The van der Waals surface area contributed by atoms with Crippen LogP contribution in [0.4, 0.5) is 43.9 Å². The molecule has 0 radical (unpaired) electrons. The van der Waals surface area contributed by atoms with Gasteiger partial charge in [-0.2, -0.15) is 39.5 Å². The number of hydrogen-bond donors (Lipinski definition) is 1. The van der Waals surface area contributed by atoms with Gasteiger partial charge in [-0.05, 0) is 42.8 Å². The van der Waals surface area contributed by atoms with Gasteiger partial charge in [0.05, 0.1) is 32.7 Å². The van der Waals surface area contributed by atoms with Gasteiger partial charge < -0.3 is 10.2 Å². The number of nitrogens with one attached hydrogen (secondary N) is 1. The van der Waals surface area contributed by atoms with Gasteiger partial charge in [-0.1, -0.05) is 40.9 Å². The van der Waals surface area contributed by atoms with Crippen molar-refractivity contribution in [3.05, 3.63) is 73.7 Å². The molecule has 0 aliphatic rings. The van der Waals surface area contributed by atoms with Crippen LogP contribution in [-0.4, -0.2) is 48.7 Å². The molecule has 1 unspecified atom stereocenters. The number of halogens is 13. The highest BCUT2D eigenvalue weighted by atomic mass is 35.5. The first-order valence-electron chi connectivity index (χ1n) is 11.1. The van der Waals surface area contributed by atoms with Gasteiger partial charge in [0.2, 0.25) is 5.91 Å². The van der Waals surface area contributed by atoms with Crippen molar-refractivity contribution in [3.8, 4) is 0 Å². The molecule has 0 aliphatic carbocycles. The van der Waals surface area contributed by atoms with E-state index in [0.717, 1.165) is 12.1 Å². The van der Waals surface area contributed by atoms with Crippen LogP contribution >= 0.6 is 34.8 Å². The Kier molecular flexibility index (Phi) is 11.0. The van der Waals surface area contributed by atoms with Gasteiger partial charge in [-0.3, -0.25) is 9.59 Å². The lowest BCUT2D eigenvalue weighted by Gasteiger charge is -2.22. The van der Waals surface area contributed by atoms with Crippen molar-refractivity contribution in [1.82, 2.24) is 10.2 Å². The molecule has 1 atom stereocenters. The highest BCUT2D eigenvalue weighted by Gasteiger charge is 2.41. The van der Waals surface area contributed by atoms with E-state index in [1.54, 1.807) is 5.32 Å². The first kappa shape index (κ1) is 34.5. The number of allylic oxidation sites excluding steroid dienone is 1. The Labute approximate surface area is 240 Å². The summed E-state index contributed by atoms with van der Waals surface area (Å²) < 4.78 is 135. The Hall–Kier alpha value is -2.71. The lowest BCUT2D eigenvalue weighted by Crippen LogP contribution is -2.44. The number of hydrogen-bond acceptors (Lipinski definition) is 2. The summed E-state index contributed by atoms with van der Waals surface area (Å²) in [5.41, 5.74) is -4.61. The van der Waals surface area contributed by atoms with Crippen molar-refractivity contribution < 1.29 is 53.5 Å². The minimum atomic E-state index is -5.33. The van der Waals surface area contributed by atoms with Crippen molar-refractivity contribution in [1.29, 1.82) is 0 Å². The average molecular weight is 662 g/mol. The summed E-state index contributed by atoms with van der Waals surface area (Å²) in [5.74, 6) is -7.29. The van der Waals surface area contributed by atoms with Crippen LogP contribution in [0.25, 0.3) is 5.83 Å². The van der Waals surface area contributed by atoms with Gasteiger partial charge in [-0.25, -0.2) is 4.39 Å². The zero-order valence-electron chi connectivity index (χ0n) is 20.3. The van der Waals surface area contributed by atoms with Gasteiger partial charge in [0.25, 0.3) is 5.91 Å². The number of carbonyl (C=O) groups excluding carboxylic acids is 2. The highest BCUT2D eigenvalue weighted by Crippen LogP contribution is 2.42. The largest absolute Gasteiger partial charge is 0.417 e. The molecule has 2 rings (SSSR count). The number of amides is 2. The standard InChI is InChI=1S/C24H17Cl3F10N2O2/c1-2-39(10-22(29,30)31)19(40)9-38-21(41)13-4-3-11(5-15(13)24(35,36)37)18(28)8-14(23(32,33)34)12-6-16(25)20(27)17(26)7-12/h3-8,14H,2,9-10H2,1H3,(H,38,41). The van der Waals surface area contributed by atoms with Crippen LogP contribution in [0.3, 0.4) is 0 Å². The summed E-state index contributed by atoms with van der Waals surface area (Å²) in [6.45, 7) is -1.99. The Balaban J connectivity index is 2.43. The lowest BCUT2D eigenvalue weighted by molar-refractivity contribution is -0.160. The molecule has 1 N–H and O–H groups in total. The predicted octanol–water partition coefficient (Wildman–Crippen LogP) is 8.46. The summed E-state index contributed by atoms with van der Waals surface area (Å²) in [7, 11) is 0. The van der Waals surface area contributed by atoms with E-state index in [1.165, 1.54) is 6.92 Å². The number of alkyl halides is 9. The third-order valence-electron chi connectivity index (χ3n) is 5.38. The minimum Gasteiger partial charge on any atom is -0.343 e. The average Bonchev–Trinajstić information content (AvgIpc) is 2.84. The first-order valence-corrected chi connectivity index (χ1v) is 12.2. The third-order valence-corrected chi connectivity index (χ3v) is 6.58. The SMILES string of the molecule is CCN(CC(F)(F)F)C(=O)CNC(=O)c1ccc(C(F)=CC(c2cc(Cl)c(Cl)c(Cl)c2)C(F)(F)F)cc1C(F)(F)F. The van der Waals surface area contributed by atoms with E-state index in [4.69, 9.17) is 34.8 Å². The lowest BCUT2D eigenvalue weighted by atomic mass is 9.95. The Morgan fingerprint density at radius 2 is 1.51 bits per heavy atom. The Bertz CT molecular complexity index is 1300. The normalized spacial score (nSPS) is 13.7. The molecular formula is C24H17Cl3F10N2O2. The first-order chi connectivity index (χ1) is 18.7. The molecule has 0 saturated carbocycles. The van der Waals surface area contributed by atoms with E-state index in [-0.39, 0.29) is 17.2 Å². The summed E-state index contributed by atoms with van der Waals surface area (Å²) in [4.78, 5) is 24.7. The van der Waals surface area contributed by atoms with E-state index in [9.17, 15) is 53.5 Å². The van der Waals surface area contributed by atoms with E-state index in [0.29, 0.717) is 17.0 Å². The Morgan fingerprint density at radius 1 is 0.951 bits per heavy atom. The molecule has 0 spiro atoms. The maximum atomic E-state index is 15.0. The van der Waals surface area contributed by atoms with Crippen molar-refractivity contribution >= 4 is 52.4 Å². The summed E-state index contributed by atoms with van der Waals surface area (Å²) in [6, 6.07) is 2.59. The maximum absolute atomic E-state index is 15.0. The van der Waals surface area contributed by atoms with Gasteiger partial charge >= 0.3 is 18.5 Å². The van der Waals surface area contributed by atoms with E-state index in [2.05, 4.69) is 0 Å². The van der Waals surface area contributed by atoms with Crippen LogP contribution < -0.4 is 5.32 Å².